The van der Waals surface area contributed by atoms with Gasteiger partial charge in [-0.25, -0.2) is 9.99 Å². The van der Waals surface area contributed by atoms with E-state index in [9.17, 15) is 0 Å². The van der Waals surface area contributed by atoms with E-state index in [4.69, 9.17) is 11.6 Å². The minimum absolute atomic E-state index is 0.289. The Morgan fingerprint density at radius 2 is 1.83 bits per heavy atom. The molecule has 1 aliphatic heterocycles. The minimum Gasteiger partial charge on any atom is -0.312 e. The molecule has 7 nitrogen and oxygen atoms in total. The summed E-state index contributed by atoms with van der Waals surface area (Å²) in [6.07, 6.45) is 14.7. The van der Waals surface area contributed by atoms with Crippen molar-refractivity contribution in [3.05, 3.63) is 11.6 Å². The van der Waals surface area contributed by atoms with Gasteiger partial charge in [0.05, 0.1) is 6.33 Å². The lowest BCUT2D eigenvalue weighted by atomic mass is 9.92. The summed E-state index contributed by atoms with van der Waals surface area (Å²) >= 11 is 6.28. The summed E-state index contributed by atoms with van der Waals surface area (Å²) in [4.78, 5) is 15.9. The first-order valence-electron chi connectivity index (χ1n) is 11.7. The second-order valence-electron chi connectivity index (χ2n) is 9.30. The summed E-state index contributed by atoms with van der Waals surface area (Å²) in [5.74, 6) is 1.59. The Kier molecular flexibility index (Phi) is 7.44. The third-order valence-electron chi connectivity index (χ3n) is 6.71. The number of anilines is 1. The molecule has 8 heteroatoms. The van der Waals surface area contributed by atoms with E-state index in [0.717, 1.165) is 36.0 Å². The van der Waals surface area contributed by atoms with Crippen molar-refractivity contribution >= 4 is 28.6 Å². The Bertz CT molecular complexity index is 807. The van der Waals surface area contributed by atoms with Crippen LogP contribution in [0.15, 0.2) is 6.33 Å². The van der Waals surface area contributed by atoms with Gasteiger partial charge in [-0.05, 0) is 70.3 Å². The Labute approximate surface area is 185 Å². The summed E-state index contributed by atoms with van der Waals surface area (Å²) in [6.45, 7) is 3.28. The smallest absolute Gasteiger partial charge is 0.226 e. The molecular weight excluding hydrogens is 398 g/mol. The van der Waals surface area contributed by atoms with Gasteiger partial charge < -0.3 is 14.9 Å². The van der Waals surface area contributed by atoms with Crippen molar-refractivity contribution in [3.8, 4) is 0 Å². The van der Waals surface area contributed by atoms with Crippen LogP contribution in [0.1, 0.15) is 70.3 Å². The van der Waals surface area contributed by atoms with Crippen LogP contribution in [0.25, 0.3) is 11.2 Å². The topological polar surface area (TPSA) is 62.1 Å². The van der Waals surface area contributed by atoms with Crippen LogP contribution in [-0.2, 0) is 0 Å². The molecule has 0 radical (unpaired) electrons. The fraction of sp³-hybridized carbons (Fsp3) is 0.773. The molecule has 4 rings (SSSR count). The second kappa shape index (κ2) is 10.2. The molecule has 1 saturated carbocycles. The lowest BCUT2D eigenvalue weighted by Gasteiger charge is -2.32. The van der Waals surface area contributed by atoms with E-state index in [1.54, 1.807) is 0 Å². The average molecular weight is 434 g/mol. The van der Waals surface area contributed by atoms with Crippen LogP contribution in [0.5, 0.6) is 0 Å². The Balaban J connectivity index is 1.31. The van der Waals surface area contributed by atoms with Crippen molar-refractivity contribution in [1.29, 1.82) is 0 Å². The normalized spacial score (nSPS) is 19.3. The van der Waals surface area contributed by atoms with Crippen LogP contribution in [0.4, 0.5) is 5.82 Å². The molecule has 2 aliphatic rings. The van der Waals surface area contributed by atoms with E-state index in [1.165, 1.54) is 70.8 Å². The molecule has 2 aromatic heterocycles. The minimum atomic E-state index is 0.289. The first kappa shape index (κ1) is 21.8. The number of unbranched alkanes of at least 4 members (excludes halogenated alkanes) is 2. The predicted molar refractivity (Wildman–Crippen MR) is 123 cm³/mol. The van der Waals surface area contributed by atoms with Crippen LogP contribution >= 0.6 is 11.6 Å². The first-order valence-corrected chi connectivity index (χ1v) is 12.0. The van der Waals surface area contributed by atoms with Crippen molar-refractivity contribution < 1.29 is 0 Å². The SMILES string of the molecule is CN(C)CCCCCC1CCN(Nc2nc(Cl)nc3c2ncn3C2CCCC2)CC1. The largest absolute Gasteiger partial charge is 0.312 e. The van der Waals surface area contributed by atoms with Crippen LogP contribution in [-0.4, -0.2) is 63.2 Å². The number of hydrogen-bond donors (Lipinski definition) is 1. The summed E-state index contributed by atoms with van der Waals surface area (Å²) in [5.41, 5.74) is 5.18. The van der Waals surface area contributed by atoms with Crippen LogP contribution < -0.4 is 5.43 Å². The van der Waals surface area contributed by atoms with Gasteiger partial charge in [0.25, 0.3) is 0 Å². The maximum atomic E-state index is 6.28. The van der Waals surface area contributed by atoms with E-state index in [1.807, 2.05) is 6.33 Å². The van der Waals surface area contributed by atoms with Crippen molar-refractivity contribution in [2.45, 2.75) is 70.3 Å². The lowest BCUT2D eigenvalue weighted by Crippen LogP contribution is -2.38. The zero-order valence-electron chi connectivity index (χ0n) is 18.5. The van der Waals surface area contributed by atoms with E-state index in [0.29, 0.717) is 6.04 Å². The van der Waals surface area contributed by atoms with Crippen molar-refractivity contribution in [3.63, 3.8) is 0 Å². The van der Waals surface area contributed by atoms with Crippen molar-refractivity contribution in [1.82, 2.24) is 29.4 Å². The van der Waals surface area contributed by atoms with E-state index < -0.39 is 0 Å². The van der Waals surface area contributed by atoms with Gasteiger partial charge in [0.2, 0.25) is 5.28 Å². The number of aromatic nitrogens is 4. The van der Waals surface area contributed by atoms with Gasteiger partial charge in [-0.2, -0.15) is 9.97 Å². The predicted octanol–water partition coefficient (Wildman–Crippen LogP) is 4.76. The fourth-order valence-corrected chi connectivity index (χ4v) is 5.10. The van der Waals surface area contributed by atoms with E-state index in [-0.39, 0.29) is 5.28 Å². The second-order valence-corrected chi connectivity index (χ2v) is 9.64. The fourth-order valence-electron chi connectivity index (χ4n) is 4.94. The molecule has 0 spiro atoms. The molecular formula is C22H36ClN7. The highest BCUT2D eigenvalue weighted by Gasteiger charge is 2.24. The van der Waals surface area contributed by atoms with Gasteiger partial charge in [-0.1, -0.05) is 32.1 Å². The molecule has 166 valence electrons. The molecule has 0 unspecified atom stereocenters. The number of hydrazine groups is 1. The number of imidazole rings is 1. The summed E-state index contributed by atoms with van der Waals surface area (Å²) in [5, 5.41) is 2.56. The highest BCUT2D eigenvalue weighted by Crippen LogP contribution is 2.33. The van der Waals surface area contributed by atoms with Gasteiger partial charge in [0.15, 0.2) is 17.0 Å². The number of nitrogens with one attached hydrogen (secondary N) is 1. The number of fused-ring (bicyclic) bond motifs is 1. The number of nitrogens with zero attached hydrogens (tertiary/aromatic N) is 6. The van der Waals surface area contributed by atoms with Gasteiger partial charge in [0, 0.05) is 19.1 Å². The maximum Gasteiger partial charge on any atom is 0.226 e. The summed E-state index contributed by atoms with van der Waals surface area (Å²) in [6, 6.07) is 0.488. The number of halogens is 1. The number of rotatable bonds is 9. The molecule has 1 aliphatic carbocycles. The zero-order valence-corrected chi connectivity index (χ0v) is 19.2. The van der Waals surface area contributed by atoms with Crippen LogP contribution in [0.2, 0.25) is 5.28 Å². The van der Waals surface area contributed by atoms with Gasteiger partial charge >= 0.3 is 0 Å². The van der Waals surface area contributed by atoms with Crippen LogP contribution in [0, 0.1) is 5.92 Å². The zero-order chi connectivity index (χ0) is 20.9. The first-order chi connectivity index (χ1) is 14.6. The van der Waals surface area contributed by atoms with Gasteiger partial charge in [0.1, 0.15) is 0 Å². The molecule has 0 bridgehead atoms. The molecule has 3 heterocycles. The quantitative estimate of drug-likeness (QED) is 0.454. The summed E-state index contributed by atoms with van der Waals surface area (Å²) in [7, 11) is 4.31. The number of hydrogen-bond acceptors (Lipinski definition) is 6. The highest BCUT2D eigenvalue weighted by molar-refractivity contribution is 6.28. The Hall–Kier alpha value is -1.44. The average Bonchev–Trinajstić information content (AvgIpc) is 3.38. The van der Waals surface area contributed by atoms with E-state index in [2.05, 4.69) is 48.9 Å². The third kappa shape index (κ3) is 5.42. The van der Waals surface area contributed by atoms with Crippen molar-refractivity contribution in [2.24, 2.45) is 5.92 Å². The lowest BCUT2D eigenvalue weighted by molar-refractivity contribution is 0.206. The van der Waals surface area contributed by atoms with Crippen LogP contribution in [0.3, 0.4) is 0 Å². The molecule has 0 atom stereocenters. The molecule has 1 saturated heterocycles. The molecule has 2 aromatic rings. The monoisotopic (exact) mass is 433 g/mol. The molecule has 0 amide bonds. The standard InChI is InChI=1S/C22H36ClN7/c1-28(2)13-7-3-4-8-17-11-14-29(15-12-17)27-20-19-21(26-22(23)25-20)30(16-24-19)18-9-5-6-10-18/h16-18H,3-15H2,1-2H3,(H,25,26,27). The molecule has 0 aromatic carbocycles. The molecule has 30 heavy (non-hydrogen) atoms. The van der Waals surface area contributed by atoms with Gasteiger partial charge in [-0.15, -0.1) is 0 Å². The summed E-state index contributed by atoms with van der Waals surface area (Å²) < 4.78 is 2.20. The maximum absolute atomic E-state index is 6.28. The molecule has 1 N–H and O–H groups in total. The van der Waals surface area contributed by atoms with Crippen molar-refractivity contribution in [2.75, 3.05) is 39.2 Å². The molecule has 2 fully saturated rings. The Morgan fingerprint density at radius 1 is 1.07 bits per heavy atom. The Morgan fingerprint density at radius 3 is 2.57 bits per heavy atom. The van der Waals surface area contributed by atoms with Gasteiger partial charge in [-0.3, -0.25) is 0 Å². The van der Waals surface area contributed by atoms with E-state index >= 15 is 0 Å². The third-order valence-corrected chi connectivity index (χ3v) is 6.88. The number of piperidine rings is 1. The highest BCUT2D eigenvalue weighted by atomic mass is 35.5.